The smallest absolute Gasteiger partial charge is 0.485 e. The summed E-state index contributed by atoms with van der Waals surface area (Å²) in [5.41, 5.74) is 0.917. The number of carbonyl (C=O) groups is 3. The predicted molar refractivity (Wildman–Crippen MR) is 138 cm³/mol. The summed E-state index contributed by atoms with van der Waals surface area (Å²) < 4.78 is 67.1. The van der Waals surface area contributed by atoms with Gasteiger partial charge in [0.2, 0.25) is 0 Å². The molecule has 2 amide bonds. The number of carboxylic acids is 1. The van der Waals surface area contributed by atoms with E-state index in [1.165, 1.54) is 6.07 Å². The molecule has 10 nitrogen and oxygen atoms in total. The zero-order valence-corrected chi connectivity index (χ0v) is 22.6. The molecule has 0 unspecified atom stereocenters. The highest BCUT2D eigenvalue weighted by Gasteiger charge is 2.38. The first-order chi connectivity index (χ1) is 19.6. The molecule has 1 fully saturated rings. The number of fused-ring (bicyclic) bond motifs is 1. The largest absolute Gasteiger partial charge is 0.490 e. The van der Waals surface area contributed by atoms with Gasteiger partial charge in [0.15, 0.2) is 11.4 Å². The van der Waals surface area contributed by atoms with Gasteiger partial charge in [-0.25, -0.2) is 23.4 Å². The van der Waals surface area contributed by atoms with Crippen molar-refractivity contribution in [1.29, 1.82) is 0 Å². The number of aryl methyl sites for hydroxylation is 2. The van der Waals surface area contributed by atoms with Crippen LogP contribution in [0.5, 0.6) is 5.75 Å². The van der Waals surface area contributed by atoms with E-state index >= 15 is 0 Å². The standard InChI is InChI=1S/C25H28F2N4O4.C2HF3O2/c1-15-11-20(35-13-17-18(26)7-6-8-19(17)27)22-29-16(2)21(31(22)12-15)23(32)28-14-25(30-24(33)34)9-4-3-5-10-25;3-2(4,5)1(6)7/h6-8,11-12,30H,3-5,9-10,13-14H2,1-2H3,(H,28,32)(H,33,34);(H,6,7). The van der Waals surface area contributed by atoms with Gasteiger partial charge in [0.05, 0.1) is 16.8 Å². The molecule has 0 radical (unpaired) electrons. The third kappa shape index (κ3) is 7.85. The summed E-state index contributed by atoms with van der Waals surface area (Å²) in [5, 5.41) is 21.9. The van der Waals surface area contributed by atoms with Crippen LogP contribution in [0.4, 0.5) is 26.7 Å². The minimum absolute atomic E-state index is 0.159. The summed E-state index contributed by atoms with van der Waals surface area (Å²) in [5.74, 6) is -4.29. The van der Waals surface area contributed by atoms with E-state index in [0.29, 0.717) is 24.2 Å². The zero-order chi connectivity index (χ0) is 31.2. The Hall–Kier alpha value is -4.43. The van der Waals surface area contributed by atoms with Crippen molar-refractivity contribution in [3.63, 3.8) is 0 Å². The quantitative estimate of drug-likeness (QED) is 0.275. The van der Waals surface area contributed by atoms with E-state index in [0.717, 1.165) is 37.0 Å². The van der Waals surface area contributed by atoms with Crippen LogP contribution in [0.3, 0.4) is 0 Å². The molecule has 0 aliphatic heterocycles. The molecule has 228 valence electrons. The Bertz CT molecular complexity index is 1450. The number of carbonyl (C=O) groups excluding carboxylic acids is 1. The van der Waals surface area contributed by atoms with Gasteiger partial charge in [-0.05, 0) is 50.5 Å². The normalized spacial score (nSPS) is 14.5. The van der Waals surface area contributed by atoms with Crippen molar-refractivity contribution < 1.29 is 51.3 Å². The van der Waals surface area contributed by atoms with Crippen LogP contribution in [0.25, 0.3) is 5.65 Å². The molecule has 4 rings (SSSR count). The van der Waals surface area contributed by atoms with E-state index in [1.54, 1.807) is 30.5 Å². The summed E-state index contributed by atoms with van der Waals surface area (Å²) in [6.07, 6.45) is -0.379. The van der Waals surface area contributed by atoms with Gasteiger partial charge in [-0.1, -0.05) is 25.3 Å². The maximum absolute atomic E-state index is 14.0. The average Bonchev–Trinajstić information content (AvgIpc) is 3.22. The van der Waals surface area contributed by atoms with Gasteiger partial charge in [0, 0.05) is 12.7 Å². The first kappa shape index (κ1) is 32.1. The molecule has 0 atom stereocenters. The maximum Gasteiger partial charge on any atom is 0.490 e. The van der Waals surface area contributed by atoms with E-state index in [9.17, 15) is 36.6 Å². The molecule has 1 aromatic carbocycles. The third-order valence-electron chi connectivity index (χ3n) is 6.66. The van der Waals surface area contributed by atoms with Crippen molar-refractivity contribution in [2.75, 3.05) is 6.54 Å². The number of carboxylic acid groups (broad SMARTS) is 2. The number of ether oxygens (including phenoxy) is 1. The van der Waals surface area contributed by atoms with E-state index in [1.807, 2.05) is 0 Å². The van der Waals surface area contributed by atoms with Crippen molar-refractivity contribution in [2.45, 2.75) is 64.3 Å². The van der Waals surface area contributed by atoms with Gasteiger partial charge >= 0.3 is 18.2 Å². The van der Waals surface area contributed by atoms with E-state index < -0.39 is 41.3 Å². The fraction of sp³-hybridized carbons (Fsp3) is 0.407. The Morgan fingerprint density at radius 1 is 1.07 bits per heavy atom. The highest BCUT2D eigenvalue weighted by molar-refractivity contribution is 5.95. The molecule has 1 aliphatic carbocycles. The third-order valence-corrected chi connectivity index (χ3v) is 6.66. The number of hydrogen-bond acceptors (Lipinski definition) is 5. The van der Waals surface area contributed by atoms with Gasteiger partial charge < -0.3 is 25.6 Å². The molecule has 0 bridgehead atoms. The number of nitrogens with one attached hydrogen (secondary N) is 2. The van der Waals surface area contributed by atoms with E-state index in [2.05, 4.69) is 15.6 Å². The lowest BCUT2D eigenvalue weighted by Crippen LogP contribution is -2.56. The zero-order valence-electron chi connectivity index (χ0n) is 22.6. The number of halogens is 5. The molecule has 2 heterocycles. The molecule has 1 aliphatic rings. The van der Waals surface area contributed by atoms with Crippen LogP contribution in [0, 0.1) is 25.5 Å². The lowest BCUT2D eigenvalue weighted by atomic mass is 9.81. The fourth-order valence-corrected chi connectivity index (χ4v) is 4.69. The van der Waals surface area contributed by atoms with E-state index in [-0.39, 0.29) is 30.2 Å². The molecular formula is C27H29F5N4O6. The molecule has 42 heavy (non-hydrogen) atoms. The van der Waals surface area contributed by atoms with Gasteiger partial charge in [0.25, 0.3) is 5.91 Å². The molecule has 0 saturated heterocycles. The second kappa shape index (κ2) is 13.0. The van der Waals surface area contributed by atoms with Gasteiger partial charge in [-0.3, -0.25) is 9.20 Å². The second-order valence-electron chi connectivity index (χ2n) is 9.87. The molecule has 15 heteroatoms. The Labute approximate surface area is 236 Å². The Morgan fingerprint density at radius 2 is 1.67 bits per heavy atom. The highest BCUT2D eigenvalue weighted by atomic mass is 19.4. The van der Waals surface area contributed by atoms with Gasteiger partial charge in [-0.2, -0.15) is 13.2 Å². The number of imidazole rings is 1. The first-order valence-corrected chi connectivity index (χ1v) is 12.8. The lowest BCUT2D eigenvalue weighted by molar-refractivity contribution is -0.192. The van der Waals surface area contributed by atoms with Crippen LogP contribution < -0.4 is 15.4 Å². The summed E-state index contributed by atoms with van der Waals surface area (Å²) >= 11 is 0. The van der Waals surface area contributed by atoms with Crippen LogP contribution in [-0.2, 0) is 11.4 Å². The minimum atomic E-state index is -5.08. The Balaban J connectivity index is 0.000000616. The number of rotatable bonds is 7. The van der Waals surface area contributed by atoms with Crippen LogP contribution in [0.2, 0.25) is 0 Å². The van der Waals surface area contributed by atoms with Crippen molar-refractivity contribution >= 4 is 23.6 Å². The average molecular weight is 601 g/mol. The number of amides is 2. The summed E-state index contributed by atoms with van der Waals surface area (Å²) in [6, 6.07) is 5.29. The van der Waals surface area contributed by atoms with Crippen LogP contribution in [0.1, 0.15) is 59.4 Å². The number of hydrogen-bond donors (Lipinski definition) is 4. The first-order valence-electron chi connectivity index (χ1n) is 12.8. The van der Waals surface area contributed by atoms with E-state index in [4.69, 9.17) is 14.6 Å². The monoisotopic (exact) mass is 600 g/mol. The number of benzene rings is 1. The lowest BCUT2D eigenvalue weighted by Gasteiger charge is -2.37. The molecule has 0 spiro atoms. The number of alkyl halides is 3. The van der Waals surface area contributed by atoms with Crippen LogP contribution >= 0.6 is 0 Å². The Kier molecular flexibility index (Phi) is 9.96. The summed E-state index contributed by atoms with van der Waals surface area (Å²) in [4.78, 5) is 37.9. The molecular weight excluding hydrogens is 571 g/mol. The number of nitrogens with zero attached hydrogens (tertiary/aromatic N) is 2. The number of aromatic nitrogens is 2. The molecule has 3 aromatic rings. The van der Waals surface area contributed by atoms with Crippen molar-refractivity contribution in [3.05, 3.63) is 64.6 Å². The Morgan fingerprint density at radius 3 is 2.21 bits per heavy atom. The summed E-state index contributed by atoms with van der Waals surface area (Å²) in [6.45, 7) is 3.31. The second-order valence-corrected chi connectivity index (χ2v) is 9.87. The predicted octanol–water partition coefficient (Wildman–Crippen LogP) is 5.14. The van der Waals surface area contributed by atoms with Crippen molar-refractivity contribution in [2.24, 2.45) is 0 Å². The van der Waals surface area contributed by atoms with Crippen molar-refractivity contribution in [3.8, 4) is 5.75 Å². The maximum atomic E-state index is 14.0. The minimum Gasteiger partial charge on any atom is -0.485 e. The molecule has 2 aromatic heterocycles. The highest BCUT2D eigenvalue weighted by Crippen LogP contribution is 2.29. The topological polar surface area (TPSA) is 142 Å². The number of pyridine rings is 1. The fourth-order valence-electron chi connectivity index (χ4n) is 4.69. The van der Waals surface area contributed by atoms with Crippen LogP contribution in [0.15, 0.2) is 30.5 Å². The SMILES string of the molecule is Cc1cc(OCc2c(F)cccc2F)c2nc(C)c(C(=O)NCC3(NC(=O)O)CCCCC3)n2c1.O=C(O)C(F)(F)F. The molecule has 4 N–H and O–H groups in total. The van der Waals surface area contributed by atoms with Crippen molar-refractivity contribution in [1.82, 2.24) is 20.0 Å². The van der Waals surface area contributed by atoms with Crippen LogP contribution in [-0.4, -0.2) is 55.8 Å². The molecule has 1 saturated carbocycles. The number of aliphatic carboxylic acids is 1. The van der Waals surface area contributed by atoms with Gasteiger partial charge in [-0.15, -0.1) is 0 Å². The van der Waals surface area contributed by atoms with Gasteiger partial charge in [0.1, 0.15) is 23.9 Å². The summed E-state index contributed by atoms with van der Waals surface area (Å²) in [7, 11) is 0.